The van der Waals surface area contributed by atoms with E-state index in [4.69, 9.17) is 4.42 Å². The van der Waals surface area contributed by atoms with Crippen LogP contribution in [0.5, 0.6) is 0 Å². The molecule has 1 saturated heterocycles. The third kappa shape index (κ3) is 4.67. The van der Waals surface area contributed by atoms with Gasteiger partial charge in [-0.05, 0) is 44.7 Å². The molecule has 0 bridgehead atoms. The largest absolute Gasteiger partial charge is 0.424 e. The molecule has 5 nitrogen and oxygen atoms in total. The van der Waals surface area contributed by atoms with Crippen molar-refractivity contribution in [3.05, 3.63) is 11.8 Å². The lowest BCUT2D eigenvalue weighted by molar-refractivity contribution is -0.223. The van der Waals surface area contributed by atoms with Crippen molar-refractivity contribution >= 4 is 0 Å². The SMILES string of the molecule is CC(C)Cc1nnc(C(C)N2CCC(C(O)C(F)(F)F)CC2)o1. The van der Waals surface area contributed by atoms with Crippen molar-refractivity contribution in [2.45, 2.75) is 58.4 Å². The third-order valence-corrected chi connectivity index (χ3v) is 4.33. The Labute approximate surface area is 133 Å². The minimum atomic E-state index is -4.54. The van der Waals surface area contributed by atoms with E-state index in [0.29, 0.717) is 50.1 Å². The van der Waals surface area contributed by atoms with Gasteiger partial charge < -0.3 is 9.52 Å². The number of alkyl halides is 3. The van der Waals surface area contributed by atoms with Gasteiger partial charge in [-0.1, -0.05) is 13.8 Å². The highest BCUT2D eigenvalue weighted by molar-refractivity contribution is 4.92. The Kier molecular flexibility index (Phi) is 5.67. The molecule has 0 spiro atoms. The Hall–Kier alpha value is -1.15. The summed E-state index contributed by atoms with van der Waals surface area (Å²) in [6.45, 7) is 6.98. The minimum absolute atomic E-state index is 0.132. The van der Waals surface area contributed by atoms with E-state index in [1.54, 1.807) is 0 Å². The van der Waals surface area contributed by atoms with Crippen LogP contribution in [0.4, 0.5) is 13.2 Å². The van der Waals surface area contributed by atoms with Gasteiger partial charge in [0.25, 0.3) is 0 Å². The van der Waals surface area contributed by atoms with Crippen molar-refractivity contribution in [3.63, 3.8) is 0 Å². The van der Waals surface area contributed by atoms with Gasteiger partial charge in [-0.2, -0.15) is 13.2 Å². The molecular formula is C15H24F3N3O2. The lowest BCUT2D eigenvalue weighted by Gasteiger charge is -2.36. The quantitative estimate of drug-likeness (QED) is 0.896. The number of aliphatic hydroxyl groups is 1. The van der Waals surface area contributed by atoms with Gasteiger partial charge in [-0.15, -0.1) is 10.2 Å². The lowest BCUT2D eigenvalue weighted by Crippen LogP contribution is -2.44. The Morgan fingerprint density at radius 3 is 2.35 bits per heavy atom. The predicted octanol–water partition coefficient (Wildman–Crippen LogP) is 2.96. The maximum atomic E-state index is 12.6. The molecule has 1 aliphatic rings. The van der Waals surface area contributed by atoms with Gasteiger partial charge >= 0.3 is 6.18 Å². The van der Waals surface area contributed by atoms with Gasteiger partial charge in [0.1, 0.15) is 0 Å². The molecule has 23 heavy (non-hydrogen) atoms. The normalized spacial score (nSPS) is 20.9. The van der Waals surface area contributed by atoms with E-state index in [1.165, 1.54) is 0 Å². The standard InChI is InChI=1S/C15H24F3N3O2/c1-9(2)8-12-19-20-14(23-12)10(3)21-6-4-11(5-7-21)13(22)15(16,17)18/h9-11,13,22H,4-8H2,1-3H3. The van der Waals surface area contributed by atoms with Gasteiger partial charge in [0.15, 0.2) is 6.10 Å². The summed E-state index contributed by atoms with van der Waals surface area (Å²) in [5.74, 6) is 0.760. The summed E-state index contributed by atoms with van der Waals surface area (Å²) in [4.78, 5) is 2.02. The first-order chi connectivity index (χ1) is 10.7. The molecule has 2 rings (SSSR count). The molecule has 0 radical (unpaired) electrons. The summed E-state index contributed by atoms with van der Waals surface area (Å²) in [6, 6.07) is -0.132. The second-order valence-corrected chi connectivity index (χ2v) is 6.67. The summed E-state index contributed by atoms with van der Waals surface area (Å²) in [7, 11) is 0. The molecule has 1 aliphatic heterocycles. The summed E-state index contributed by atoms with van der Waals surface area (Å²) >= 11 is 0. The maximum Gasteiger partial charge on any atom is 0.414 e. The fourth-order valence-electron chi connectivity index (χ4n) is 2.91. The molecular weight excluding hydrogens is 311 g/mol. The zero-order valence-corrected chi connectivity index (χ0v) is 13.7. The zero-order chi connectivity index (χ0) is 17.2. The number of likely N-dealkylation sites (tertiary alicyclic amines) is 1. The molecule has 1 N–H and O–H groups in total. The molecule has 2 heterocycles. The van der Waals surface area contributed by atoms with E-state index in [2.05, 4.69) is 24.0 Å². The summed E-state index contributed by atoms with van der Waals surface area (Å²) in [6.07, 6.45) is -5.47. The van der Waals surface area contributed by atoms with Crippen LogP contribution in [0.15, 0.2) is 4.42 Å². The van der Waals surface area contributed by atoms with Crippen molar-refractivity contribution in [1.29, 1.82) is 0 Å². The molecule has 132 valence electrons. The summed E-state index contributed by atoms with van der Waals surface area (Å²) in [5.41, 5.74) is 0. The average Bonchev–Trinajstić information content (AvgIpc) is 2.92. The maximum absolute atomic E-state index is 12.6. The van der Waals surface area contributed by atoms with Crippen molar-refractivity contribution < 1.29 is 22.7 Å². The monoisotopic (exact) mass is 335 g/mol. The topological polar surface area (TPSA) is 62.4 Å². The fraction of sp³-hybridized carbons (Fsp3) is 0.867. The van der Waals surface area contributed by atoms with Gasteiger partial charge in [-0.25, -0.2) is 0 Å². The van der Waals surface area contributed by atoms with Crippen LogP contribution in [0.2, 0.25) is 0 Å². The van der Waals surface area contributed by atoms with Gasteiger partial charge in [0, 0.05) is 6.42 Å². The van der Waals surface area contributed by atoms with E-state index in [0.717, 1.165) is 0 Å². The van der Waals surface area contributed by atoms with E-state index in [1.807, 2.05) is 11.8 Å². The van der Waals surface area contributed by atoms with Crippen LogP contribution in [0.1, 0.15) is 51.4 Å². The van der Waals surface area contributed by atoms with Gasteiger partial charge in [0.2, 0.25) is 11.8 Å². The Balaban J connectivity index is 1.90. The number of aromatic nitrogens is 2. The van der Waals surface area contributed by atoms with Crippen molar-refractivity contribution in [2.24, 2.45) is 11.8 Å². The predicted molar refractivity (Wildman–Crippen MR) is 77.6 cm³/mol. The molecule has 8 heteroatoms. The first-order valence-corrected chi connectivity index (χ1v) is 7.99. The van der Waals surface area contributed by atoms with Crippen molar-refractivity contribution in [1.82, 2.24) is 15.1 Å². The number of rotatable bonds is 5. The molecule has 0 amide bonds. The highest BCUT2D eigenvalue weighted by atomic mass is 19.4. The van der Waals surface area contributed by atoms with Crippen LogP contribution >= 0.6 is 0 Å². The van der Waals surface area contributed by atoms with Crippen molar-refractivity contribution in [2.75, 3.05) is 13.1 Å². The Morgan fingerprint density at radius 2 is 1.83 bits per heavy atom. The number of halogens is 3. The van der Waals surface area contributed by atoms with E-state index >= 15 is 0 Å². The minimum Gasteiger partial charge on any atom is -0.424 e. The average molecular weight is 335 g/mol. The van der Waals surface area contributed by atoms with Gasteiger partial charge in [0.05, 0.1) is 6.04 Å². The second-order valence-electron chi connectivity index (χ2n) is 6.67. The van der Waals surface area contributed by atoms with Crippen LogP contribution in [-0.2, 0) is 6.42 Å². The van der Waals surface area contributed by atoms with Crippen molar-refractivity contribution in [3.8, 4) is 0 Å². The molecule has 2 unspecified atom stereocenters. The molecule has 1 fully saturated rings. The zero-order valence-electron chi connectivity index (χ0n) is 13.7. The van der Waals surface area contributed by atoms with Crippen LogP contribution in [0, 0.1) is 11.8 Å². The Bertz CT molecular complexity index is 496. The molecule has 0 aliphatic carbocycles. The van der Waals surface area contributed by atoms with Crippen LogP contribution in [0.3, 0.4) is 0 Å². The van der Waals surface area contributed by atoms with Crippen LogP contribution < -0.4 is 0 Å². The fourth-order valence-corrected chi connectivity index (χ4v) is 2.91. The lowest BCUT2D eigenvalue weighted by atomic mass is 9.90. The molecule has 0 saturated carbocycles. The molecule has 0 aromatic carbocycles. The van der Waals surface area contributed by atoms with Gasteiger partial charge in [-0.3, -0.25) is 4.90 Å². The summed E-state index contributed by atoms with van der Waals surface area (Å²) < 4.78 is 43.3. The molecule has 1 aromatic heterocycles. The second kappa shape index (κ2) is 7.17. The number of aliphatic hydroxyl groups excluding tert-OH is 1. The van der Waals surface area contributed by atoms with Crippen LogP contribution in [0.25, 0.3) is 0 Å². The van der Waals surface area contributed by atoms with E-state index in [-0.39, 0.29) is 6.04 Å². The number of hydrogen-bond donors (Lipinski definition) is 1. The van der Waals surface area contributed by atoms with Crippen LogP contribution in [-0.4, -0.2) is 45.6 Å². The van der Waals surface area contributed by atoms with E-state index < -0.39 is 18.2 Å². The number of nitrogens with zero attached hydrogens (tertiary/aromatic N) is 3. The third-order valence-electron chi connectivity index (χ3n) is 4.33. The Morgan fingerprint density at radius 1 is 1.22 bits per heavy atom. The first kappa shape index (κ1) is 18.2. The molecule has 1 aromatic rings. The number of piperidine rings is 1. The highest BCUT2D eigenvalue weighted by Gasteiger charge is 2.44. The first-order valence-electron chi connectivity index (χ1n) is 7.99. The smallest absolute Gasteiger partial charge is 0.414 e. The molecule has 2 atom stereocenters. The number of hydrogen-bond acceptors (Lipinski definition) is 5. The highest BCUT2D eigenvalue weighted by Crippen LogP contribution is 2.33. The summed E-state index contributed by atoms with van der Waals surface area (Å²) in [5, 5.41) is 17.4. The van der Waals surface area contributed by atoms with E-state index in [9.17, 15) is 18.3 Å².